The van der Waals surface area contributed by atoms with Crippen LogP contribution in [-0.2, 0) is 16.6 Å². The van der Waals surface area contributed by atoms with Gasteiger partial charge in [-0.05, 0) is 52.7 Å². The Kier molecular flexibility index (Phi) is 6.61. The molecule has 0 saturated carbocycles. The number of benzene rings is 1. The van der Waals surface area contributed by atoms with Crippen molar-refractivity contribution in [3.63, 3.8) is 0 Å². The van der Waals surface area contributed by atoms with E-state index in [1.165, 1.54) is 5.56 Å². The molecule has 1 aromatic heterocycles. The molecule has 1 unspecified atom stereocenters. The Bertz CT molecular complexity index is 877. The van der Waals surface area contributed by atoms with Gasteiger partial charge in [-0.25, -0.2) is 0 Å². The van der Waals surface area contributed by atoms with Gasteiger partial charge in [-0.15, -0.1) is 0 Å². The highest BCUT2D eigenvalue weighted by Gasteiger charge is 2.26. The molecule has 3 N–H and O–H groups in total. The number of quaternary nitrogens is 1. The summed E-state index contributed by atoms with van der Waals surface area (Å²) in [5, 5.41) is 10.3. The van der Waals surface area contributed by atoms with Crippen LogP contribution in [0.4, 0.5) is 11.4 Å². The molecule has 0 aliphatic rings. The molecular weight excluding hydrogens is 354 g/mol. The molecule has 2 amide bonds. The second kappa shape index (κ2) is 8.56. The summed E-state index contributed by atoms with van der Waals surface area (Å²) in [7, 11) is 3.69. The molecular formula is C21H32N5O2+. The summed E-state index contributed by atoms with van der Waals surface area (Å²) in [5.41, 5.74) is 6.51. The lowest BCUT2D eigenvalue weighted by molar-refractivity contribution is -0.885. The van der Waals surface area contributed by atoms with Crippen molar-refractivity contribution in [1.82, 2.24) is 9.78 Å². The van der Waals surface area contributed by atoms with Gasteiger partial charge in [-0.1, -0.05) is 17.7 Å². The highest BCUT2D eigenvalue weighted by molar-refractivity contribution is 5.95. The van der Waals surface area contributed by atoms with Gasteiger partial charge in [0.15, 0.2) is 12.6 Å². The molecule has 0 saturated heterocycles. The fraction of sp³-hybridized carbons (Fsp3) is 0.476. The smallest absolute Gasteiger partial charge is 0.282 e. The third kappa shape index (κ3) is 4.78. The van der Waals surface area contributed by atoms with E-state index in [0.717, 1.165) is 38.8 Å². The van der Waals surface area contributed by atoms with Gasteiger partial charge in [0.05, 0.1) is 24.1 Å². The van der Waals surface area contributed by atoms with E-state index >= 15 is 0 Å². The maximum atomic E-state index is 12.7. The zero-order valence-electron chi connectivity index (χ0n) is 18.2. The number of amides is 2. The fourth-order valence-corrected chi connectivity index (χ4v) is 3.38. The van der Waals surface area contributed by atoms with Gasteiger partial charge in [0.25, 0.3) is 11.8 Å². The van der Waals surface area contributed by atoms with Crippen LogP contribution in [0.25, 0.3) is 0 Å². The van der Waals surface area contributed by atoms with Gasteiger partial charge in [0.1, 0.15) is 0 Å². The second-order valence-electron chi connectivity index (χ2n) is 7.73. The Labute approximate surface area is 167 Å². The van der Waals surface area contributed by atoms with E-state index in [-0.39, 0.29) is 24.4 Å². The van der Waals surface area contributed by atoms with Crippen molar-refractivity contribution in [3.8, 4) is 0 Å². The SMILES string of the molecule is Cc1cc(C)c(NC(=O)C[NH+](C)[C@H](C)C(=O)Nc2c(C)nn(C)c2C)c(C)c1. The minimum absolute atomic E-state index is 0.110. The first-order valence-corrected chi connectivity index (χ1v) is 9.52. The molecule has 2 atom stereocenters. The Balaban J connectivity index is 2.00. The fourth-order valence-electron chi connectivity index (χ4n) is 3.38. The van der Waals surface area contributed by atoms with Crippen LogP contribution < -0.4 is 15.5 Å². The first kappa shape index (κ1) is 21.6. The monoisotopic (exact) mass is 386 g/mol. The molecule has 152 valence electrons. The van der Waals surface area contributed by atoms with Crippen molar-refractivity contribution in [2.24, 2.45) is 7.05 Å². The van der Waals surface area contributed by atoms with E-state index in [9.17, 15) is 9.59 Å². The lowest BCUT2D eigenvalue weighted by Gasteiger charge is -2.21. The van der Waals surface area contributed by atoms with Gasteiger partial charge in [0, 0.05) is 12.7 Å². The number of rotatable bonds is 6. The number of likely N-dealkylation sites (N-methyl/N-ethyl adjacent to an activating group) is 1. The summed E-state index contributed by atoms with van der Waals surface area (Å²) in [5.74, 6) is -0.242. The zero-order chi connectivity index (χ0) is 21.2. The van der Waals surface area contributed by atoms with E-state index in [1.54, 1.807) is 4.68 Å². The number of aromatic nitrogens is 2. The van der Waals surface area contributed by atoms with E-state index < -0.39 is 0 Å². The van der Waals surface area contributed by atoms with Crippen molar-refractivity contribution < 1.29 is 14.5 Å². The van der Waals surface area contributed by atoms with E-state index in [1.807, 2.05) is 67.8 Å². The lowest BCUT2D eigenvalue weighted by atomic mass is 10.1. The number of hydrogen-bond acceptors (Lipinski definition) is 3. The highest BCUT2D eigenvalue weighted by Crippen LogP contribution is 2.21. The first-order chi connectivity index (χ1) is 13.0. The van der Waals surface area contributed by atoms with E-state index in [0.29, 0.717) is 0 Å². The zero-order valence-corrected chi connectivity index (χ0v) is 18.2. The van der Waals surface area contributed by atoms with Crippen molar-refractivity contribution in [3.05, 3.63) is 40.2 Å². The van der Waals surface area contributed by atoms with Crippen molar-refractivity contribution in [1.29, 1.82) is 0 Å². The lowest BCUT2D eigenvalue weighted by Crippen LogP contribution is -3.14. The maximum Gasteiger partial charge on any atom is 0.282 e. The van der Waals surface area contributed by atoms with Gasteiger partial charge in [0.2, 0.25) is 0 Å². The van der Waals surface area contributed by atoms with Crippen LogP contribution in [0.1, 0.15) is 35.0 Å². The summed E-state index contributed by atoms with van der Waals surface area (Å²) >= 11 is 0. The number of aryl methyl sites for hydroxylation is 5. The van der Waals surface area contributed by atoms with Gasteiger partial charge in [-0.3, -0.25) is 14.3 Å². The minimum atomic E-state index is -0.384. The molecule has 7 heteroatoms. The van der Waals surface area contributed by atoms with Crippen LogP contribution in [0.5, 0.6) is 0 Å². The molecule has 1 aromatic carbocycles. The second-order valence-corrected chi connectivity index (χ2v) is 7.73. The Morgan fingerprint density at radius 1 is 1.07 bits per heavy atom. The molecule has 1 heterocycles. The van der Waals surface area contributed by atoms with Crippen LogP contribution in [0, 0.1) is 34.6 Å². The Morgan fingerprint density at radius 3 is 2.14 bits per heavy atom. The van der Waals surface area contributed by atoms with Crippen LogP contribution in [-0.4, -0.2) is 41.2 Å². The number of carbonyl (C=O) groups is 2. The van der Waals surface area contributed by atoms with Crippen LogP contribution in [0.2, 0.25) is 0 Å². The number of anilines is 2. The molecule has 0 bridgehead atoms. The van der Waals surface area contributed by atoms with Crippen LogP contribution in [0.15, 0.2) is 12.1 Å². The Hall–Kier alpha value is -2.67. The molecule has 0 aliphatic carbocycles. The molecule has 2 aromatic rings. The van der Waals surface area contributed by atoms with Gasteiger partial charge in [-0.2, -0.15) is 5.10 Å². The highest BCUT2D eigenvalue weighted by atomic mass is 16.2. The summed E-state index contributed by atoms with van der Waals surface area (Å²) in [6, 6.07) is 3.71. The predicted octanol–water partition coefficient (Wildman–Crippen LogP) is 1.44. The van der Waals surface area contributed by atoms with E-state index in [2.05, 4.69) is 15.7 Å². The average Bonchev–Trinajstić information content (AvgIpc) is 2.83. The molecule has 2 rings (SSSR count). The van der Waals surface area contributed by atoms with Crippen molar-refractivity contribution in [2.45, 2.75) is 47.6 Å². The number of carbonyl (C=O) groups excluding carboxylic acids is 2. The molecule has 7 nitrogen and oxygen atoms in total. The third-order valence-corrected chi connectivity index (χ3v) is 5.27. The topological polar surface area (TPSA) is 80.5 Å². The predicted molar refractivity (Wildman–Crippen MR) is 112 cm³/mol. The molecule has 0 radical (unpaired) electrons. The van der Waals surface area contributed by atoms with Crippen molar-refractivity contribution in [2.75, 3.05) is 24.2 Å². The first-order valence-electron chi connectivity index (χ1n) is 9.52. The summed E-state index contributed by atoms with van der Waals surface area (Å²) in [4.78, 5) is 26.0. The summed E-state index contributed by atoms with van der Waals surface area (Å²) in [6.45, 7) is 11.8. The normalized spacial score (nSPS) is 13.1. The number of hydrogen-bond donors (Lipinski definition) is 3. The van der Waals surface area contributed by atoms with Crippen LogP contribution in [0.3, 0.4) is 0 Å². The molecule has 0 spiro atoms. The molecule has 0 aliphatic heterocycles. The Morgan fingerprint density at radius 2 is 1.64 bits per heavy atom. The molecule has 0 fully saturated rings. The third-order valence-electron chi connectivity index (χ3n) is 5.27. The van der Waals surface area contributed by atoms with Gasteiger partial charge < -0.3 is 15.5 Å². The minimum Gasteiger partial charge on any atom is -0.321 e. The standard InChI is InChI=1S/C21H31N5O2/c1-12-9-13(2)19(14(3)10-12)22-18(27)11-25(7)17(6)21(28)23-20-15(4)24-26(8)16(20)5/h9-10,17H,11H2,1-8H3,(H,22,27)(H,23,28)/p+1/t17-/m1/s1. The van der Waals surface area contributed by atoms with Crippen LogP contribution >= 0.6 is 0 Å². The van der Waals surface area contributed by atoms with Crippen molar-refractivity contribution >= 4 is 23.2 Å². The molecule has 28 heavy (non-hydrogen) atoms. The summed E-state index contributed by atoms with van der Waals surface area (Å²) < 4.78 is 1.74. The maximum absolute atomic E-state index is 12.7. The largest absolute Gasteiger partial charge is 0.321 e. The average molecular weight is 387 g/mol. The van der Waals surface area contributed by atoms with Gasteiger partial charge >= 0.3 is 0 Å². The number of nitrogens with zero attached hydrogens (tertiary/aromatic N) is 2. The quantitative estimate of drug-likeness (QED) is 0.703. The van der Waals surface area contributed by atoms with E-state index in [4.69, 9.17) is 0 Å². The summed E-state index contributed by atoms with van der Waals surface area (Å²) in [6.07, 6.45) is 0. The number of nitrogens with one attached hydrogen (secondary N) is 3.